The normalized spacial score (nSPS) is 27.9. The zero-order chi connectivity index (χ0) is 20.7. The second kappa shape index (κ2) is 8.05. The molecule has 0 saturated heterocycles. The van der Waals surface area contributed by atoms with Gasteiger partial charge in [0.1, 0.15) is 11.1 Å². The van der Waals surface area contributed by atoms with Gasteiger partial charge in [0.2, 0.25) is 5.43 Å². The highest BCUT2D eigenvalue weighted by Gasteiger charge is 2.35. The van der Waals surface area contributed by atoms with Crippen LogP contribution < -0.4 is 16.1 Å². The SMILES string of the molecule is O=C(NC[C@@H]1C[C@H]2C=C[C@@H]1C2)c1cn(C2CCCCC2)cc(C(=O)NC2CC2)c1=O. The Kier molecular flexibility index (Phi) is 5.25. The van der Waals surface area contributed by atoms with Crippen LogP contribution in [0.4, 0.5) is 0 Å². The Bertz CT molecular complexity index is 924. The van der Waals surface area contributed by atoms with Crippen molar-refractivity contribution in [2.75, 3.05) is 6.54 Å². The van der Waals surface area contributed by atoms with Crippen LogP contribution in [0.25, 0.3) is 0 Å². The van der Waals surface area contributed by atoms with Gasteiger partial charge in [-0.2, -0.15) is 0 Å². The lowest BCUT2D eigenvalue weighted by Gasteiger charge is -2.26. The second-order valence-electron chi connectivity index (χ2n) is 9.65. The minimum absolute atomic E-state index is 0.0997. The van der Waals surface area contributed by atoms with Crippen LogP contribution in [0.2, 0.25) is 0 Å². The van der Waals surface area contributed by atoms with Gasteiger partial charge in [0.25, 0.3) is 11.8 Å². The first kappa shape index (κ1) is 19.6. The first-order chi connectivity index (χ1) is 14.6. The van der Waals surface area contributed by atoms with Crippen molar-refractivity contribution >= 4 is 11.8 Å². The highest BCUT2D eigenvalue weighted by molar-refractivity contribution is 5.99. The van der Waals surface area contributed by atoms with E-state index in [1.54, 1.807) is 12.4 Å². The predicted octanol–water partition coefficient (Wildman–Crippen LogP) is 3.19. The number of carbonyl (C=O) groups is 2. The zero-order valence-electron chi connectivity index (χ0n) is 17.4. The molecule has 0 aromatic carbocycles. The summed E-state index contributed by atoms with van der Waals surface area (Å²) < 4.78 is 1.96. The average Bonchev–Trinajstić information content (AvgIpc) is 3.32. The highest BCUT2D eigenvalue weighted by atomic mass is 16.2. The lowest BCUT2D eigenvalue weighted by atomic mass is 9.93. The van der Waals surface area contributed by atoms with Gasteiger partial charge in [-0.25, -0.2) is 0 Å². The third-order valence-electron chi connectivity index (χ3n) is 7.38. The molecule has 1 heterocycles. The molecule has 160 valence electrons. The van der Waals surface area contributed by atoms with E-state index in [-0.39, 0.29) is 35.0 Å². The Morgan fingerprint density at radius 1 is 0.933 bits per heavy atom. The molecule has 6 heteroatoms. The minimum Gasteiger partial charge on any atom is -0.352 e. The Morgan fingerprint density at radius 3 is 2.30 bits per heavy atom. The van der Waals surface area contributed by atoms with Gasteiger partial charge >= 0.3 is 0 Å². The van der Waals surface area contributed by atoms with Gasteiger partial charge in [-0.3, -0.25) is 14.4 Å². The number of hydrogen-bond acceptors (Lipinski definition) is 3. The largest absolute Gasteiger partial charge is 0.352 e. The third-order valence-corrected chi connectivity index (χ3v) is 7.38. The summed E-state index contributed by atoms with van der Waals surface area (Å²) in [6, 6.07) is 0.414. The maximum atomic E-state index is 13.1. The number of allylic oxidation sites excluding steroid dienone is 2. The Hall–Kier alpha value is -2.37. The van der Waals surface area contributed by atoms with Gasteiger partial charge in [0.05, 0.1) is 0 Å². The monoisotopic (exact) mass is 409 g/mol. The number of aromatic nitrogens is 1. The quantitative estimate of drug-likeness (QED) is 0.708. The molecule has 3 saturated carbocycles. The van der Waals surface area contributed by atoms with Crippen LogP contribution in [0.5, 0.6) is 0 Å². The maximum Gasteiger partial charge on any atom is 0.256 e. The molecule has 2 bridgehead atoms. The number of amides is 2. The van der Waals surface area contributed by atoms with Crippen LogP contribution >= 0.6 is 0 Å². The number of rotatable bonds is 6. The van der Waals surface area contributed by atoms with E-state index in [9.17, 15) is 14.4 Å². The molecule has 30 heavy (non-hydrogen) atoms. The van der Waals surface area contributed by atoms with Crippen molar-refractivity contribution < 1.29 is 9.59 Å². The summed E-state index contributed by atoms with van der Waals surface area (Å²) in [6.07, 6.45) is 17.7. The highest BCUT2D eigenvalue weighted by Crippen LogP contribution is 2.43. The molecule has 0 radical (unpaired) electrons. The predicted molar refractivity (Wildman–Crippen MR) is 114 cm³/mol. The van der Waals surface area contributed by atoms with Gasteiger partial charge in [-0.1, -0.05) is 31.4 Å². The molecular weight excluding hydrogens is 378 g/mol. The number of carbonyl (C=O) groups excluding carboxylic acids is 2. The lowest BCUT2D eigenvalue weighted by Crippen LogP contribution is -2.38. The fraction of sp³-hybridized carbons (Fsp3) is 0.625. The summed E-state index contributed by atoms with van der Waals surface area (Å²) >= 11 is 0. The van der Waals surface area contributed by atoms with Crippen molar-refractivity contribution in [1.29, 1.82) is 0 Å². The molecule has 4 aliphatic rings. The molecule has 6 nitrogen and oxygen atoms in total. The van der Waals surface area contributed by atoms with E-state index in [2.05, 4.69) is 22.8 Å². The maximum absolute atomic E-state index is 13.1. The van der Waals surface area contributed by atoms with E-state index in [0.717, 1.165) is 44.9 Å². The number of pyridine rings is 1. The molecule has 0 aliphatic heterocycles. The van der Waals surface area contributed by atoms with E-state index in [4.69, 9.17) is 0 Å². The molecule has 4 aliphatic carbocycles. The number of nitrogens with zero attached hydrogens (tertiary/aromatic N) is 1. The van der Waals surface area contributed by atoms with Crippen LogP contribution in [0.1, 0.15) is 84.5 Å². The van der Waals surface area contributed by atoms with Gasteiger partial charge < -0.3 is 15.2 Å². The van der Waals surface area contributed by atoms with Crippen LogP contribution in [-0.2, 0) is 0 Å². The van der Waals surface area contributed by atoms with Crippen molar-refractivity contribution in [3.8, 4) is 0 Å². The summed E-state index contributed by atoms with van der Waals surface area (Å²) in [7, 11) is 0. The molecule has 5 rings (SSSR count). The van der Waals surface area contributed by atoms with Crippen molar-refractivity contribution in [1.82, 2.24) is 15.2 Å². The lowest BCUT2D eigenvalue weighted by molar-refractivity contribution is 0.0942. The first-order valence-electron chi connectivity index (χ1n) is 11.6. The van der Waals surface area contributed by atoms with Gasteiger partial charge in [-0.15, -0.1) is 0 Å². The third kappa shape index (κ3) is 3.96. The van der Waals surface area contributed by atoms with Gasteiger partial charge in [-0.05, 0) is 56.3 Å². The number of nitrogens with one attached hydrogen (secondary N) is 2. The fourth-order valence-electron chi connectivity index (χ4n) is 5.45. The molecule has 0 spiro atoms. The topological polar surface area (TPSA) is 80.2 Å². The zero-order valence-corrected chi connectivity index (χ0v) is 17.4. The number of hydrogen-bond donors (Lipinski definition) is 2. The van der Waals surface area contributed by atoms with Crippen LogP contribution in [0.3, 0.4) is 0 Å². The van der Waals surface area contributed by atoms with Crippen molar-refractivity contribution in [2.24, 2.45) is 17.8 Å². The van der Waals surface area contributed by atoms with Crippen molar-refractivity contribution in [3.05, 3.63) is 45.9 Å². The van der Waals surface area contributed by atoms with E-state index >= 15 is 0 Å². The Labute approximate surface area is 177 Å². The molecule has 2 N–H and O–H groups in total. The molecule has 2 amide bonds. The molecule has 1 aromatic heterocycles. The standard InChI is InChI=1S/C24H31N3O3/c28-22-20(23(29)25-12-17-11-15-6-7-16(17)10-15)13-27(19-4-2-1-3-5-19)14-21(22)24(30)26-18-8-9-18/h6-7,13-19H,1-5,8-12H2,(H,25,29)(H,26,30)/t15-,16+,17-/m0/s1. The van der Waals surface area contributed by atoms with E-state index in [0.29, 0.717) is 24.3 Å². The Morgan fingerprint density at radius 2 is 1.67 bits per heavy atom. The minimum atomic E-state index is -0.453. The van der Waals surface area contributed by atoms with Crippen molar-refractivity contribution in [2.45, 2.75) is 69.9 Å². The van der Waals surface area contributed by atoms with E-state index < -0.39 is 5.43 Å². The summed E-state index contributed by atoms with van der Waals surface area (Å²) in [5.74, 6) is 0.947. The van der Waals surface area contributed by atoms with Crippen molar-refractivity contribution in [3.63, 3.8) is 0 Å². The van der Waals surface area contributed by atoms with Gasteiger partial charge in [0, 0.05) is 31.0 Å². The van der Waals surface area contributed by atoms with E-state index in [1.165, 1.54) is 12.8 Å². The number of fused-ring (bicyclic) bond motifs is 2. The second-order valence-corrected chi connectivity index (χ2v) is 9.65. The van der Waals surface area contributed by atoms with Crippen LogP contribution in [0.15, 0.2) is 29.3 Å². The summed E-state index contributed by atoms with van der Waals surface area (Å²) in [5, 5.41) is 5.91. The summed E-state index contributed by atoms with van der Waals surface area (Å²) in [6.45, 7) is 0.589. The average molecular weight is 410 g/mol. The first-order valence-corrected chi connectivity index (χ1v) is 11.6. The molecule has 0 unspecified atom stereocenters. The molecule has 1 aromatic rings. The van der Waals surface area contributed by atoms with Crippen LogP contribution in [0, 0.1) is 17.8 Å². The molecule has 3 fully saturated rings. The fourth-order valence-corrected chi connectivity index (χ4v) is 5.45. The summed E-state index contributed by atoms with van der Waals surface area (Å²) in [5.41, 5.74) is -0.253. The molecule has 3 atom stereocenters. The van der Waals surface area contributed by atoms with Gasteiger partial charge in [0.15, 0.2) is 0 Å². The smallest absolute Gasteiger partial charge is 0.256 e. The van der Waals surface area contributed by atoms with Crippen LogP contribution in [-0.4, -0.2) is 29.0 Å². The Balaban J connectivity index is 1.38. The van der Waals surface area contributed by atoms with E-state index in [1.807, 2.05) is 4.57 Å². The molecular formula is C24H31N3O3. The summed E-state index contributed by atoms with van der Waals surface area (Å²) in [4.78, 5) is 38.8.